The summed E-state index contributed by atoms with van der Waals surface area (Å²) in [4.78, 5) is 6.15. The zero-order valence-corrected chi connectivity index (χ0v) is 5.78. The lowest BCUT2D eigenvalue weighted by molar-refractivity contribution is 0.165. The predicted molar refractivity (Wildman–Crippen MR) is 36.6 cm³/mol. The minimum absolute atomic E-state index is 0.268. The van der Waals surface area contributed by atoms with Gasteiger partial charge >= 0.3 is 0 Å². The van der Waals surface area contributed by atoms with Gasteiger partial charge in [-0.2, -0.15) is 0 Å². The topological polar surface area (TPSA) is 44.9 Å². The van der Waals surface area contributed by atoms with E-state index in [-0.39, 0.29) is 6.17 Å². The van der Waals surface area contributed by atoms with E-state index in [1.807, 2.05) is 14.0 Å². The van der Waals surface area contributed by atoms with Crippen LogP contribution in [0.3, 0.4) is 0 Å². The molecule has 0 aromatic carbocycles. The van der Waals surface area contributed by atoms with Gasteiger partial charge in [-0.05, 0) is 14.0 Å². The summed E-state index contributed by atoms with van der Waals surface area (Å²) in [6.45, 7) is 2.79. The molecule has 0 spiro atoms. The predicted octanol–water partition coefficient (Wildman–Crippen LogP) is -0.561. The summed E-state index contributed by atoms with van der Waals surface area (Å²) < 4.78 is 0. The first-order valence-corrected chi connectivity index (χ1v) is 2.95. The van der Waals surface area contributed by atoms with Crippen molar-refractivity contribution in [2.75, 3.05) is 13.7 Å². The van der Waals surface area contributed by atoms with Crippen LogP contribution in [0, 0.1) is 0 Å². The second kappa shape index (κ2) is 2.33. The first kappa shape index (κ1) is 6.51. The van der Waals surface area contributed by atoms with Crippen LogP contribution in [0.5, 0.6) is 0 Å². The molecule has 1 atom stereocenters. The summed E-state index contributed by atoms with van der Waals surface area (Å²) in [5, 5.41) is 1.56. The third-order valence-electron chi connectivity index (χ3n) is 1.45. The molecule has 1 aliphatic heterocycles. The Morgan fingerprint density at radius 1 is 1.78 bits per heavy atom. The Morgan fingerprint density at radius 3 is 2.89 bits per heavy atom. The van der Waals surface area contributed by atoms with Crippen molar-refractivity contribution in [1.82, 2.24) is 9.91 Å². The number of hydrazine groups is 1. The van der Waals surface area contributed by atoms with Crippen molar-refractivity contribution >= 4 is 6.34 Å². The SMILES string of the molecule is CC1N=CN(N)CN1C. The zero-order chi connectivity index (χ0) is 6.85. The molecule has 0 aliphatic carbocycles. The van der Waals surface area contributed by atoms with Gasteiger partial charge in [-0.15, -0.1) is 0 Å². The Balaban J connectivity index is 2.54. The fourth-order valence-corrected chi connectivity index (χ4v) is 0.708. The van der Waals surface area contributed by atoms with Crippen molar-refractivity contribution < 1.29 is 0 Å². The molecular formula is C5H12N4. The third-order valence-corrected chi connectivity index (χ3v) is 1.45. The highest BCUT2D eigenvalue weighted by atomic mass is 15.5. The lowest BCUT2D eigenvalue weighted by Gasteiger charge is -2.29. The van der Waals surface area contributed by atoms with Gasteiger partial charge in [0.15, 0.2) is 0 Å². The summed E-state index contributed by atoms with van der Waals surface area (Å²) in [6, 6.07) is 0. The Morgan fingerprint density at radius 2 is 2.44 bits per heavy atom. The summed E-state index contributed by atoms with van der Waals surface area (Å²) in [5.41, 5.74) is 0. The van der Waals surface area contributed by atoms with Crippen molar-refractivity contribution in [3.63, 3.8) is 0 Å². The summed E-state index contributed by atoms with van der Waals surface area (Å²) in [5.74, 6) is 5.43. The summed E-state index contributed by atoms with van der Waals surface area (Å²) in [6.07, 6.45) is 1.93. The van der Waals surface area contributed by atoms with Crippen molar-refractivity contribution in [2.24, 2.45) is 10.8 Å². The Bertz CT molecular complexity index is 122. The van der Waals surface area contributed by atoms with Gasteiger partial charge in [0.05, 0.1) is 6.67 Å². The van der Waals surface area contributed by atoms with Gasteiger partial charge in [0, 0.05) is 0 Å². The monoisotopic (exact) mass is 128 g/mol. The number of nitrogens with zero attached hydrogens (tertiary/aromatic N) is 3. The largest absolute Gasteiger partial charge is 0.287 e. The average Bonchev–Trinajstić information content (AvgIpc) is 1.80. The van der Waals surface area contributed by atoms with E-state index in [1.165, 1.54) is 0 Å². The second-order valence-corrected chi connectivity index (χ2v) is 2.31. The van der Waals surface area contributed by atoms with E-state index in [2.05, 4.69) is 9.89 Å². The van der Waals surface area contributed by atoms with Gasteiger partial charge in [0.25, 0.3) is 0 Å². The van der Waals surface area contributed by atoms with Gasteiger partial charge in [-0.25, -0.2) is 5.84 Å². The van der Waals surface area contributed by atoms with Crippen LogP contribution in [0.1, 0.15) is 6.92 Å². The van der Waals surface area contributed by atoms with E-state index in [9.17, 15) is 0 Å². The molecule has 0 amide bonds. The molecule has 1 heterocycles. The molecule has 4 nitrogen and oxygen atoms in total. The maximum Gasteiger partial charge on any atom is 0.102 e. The first-order valence-electron chi connectivity index (χ1n) is 2.95. The molecule has 52 valence electrons. The van der Waals surface area contributed by atoms with Gasteiger partial charge in [0.1, 0.15) is 12.5 Å². The number of aliphatic imine (C=N–C) groups is 1. The van der Waals surface area contributed by atoms with Crippen molar-refractivity contribution in [2.45, 2.75) is 13.1 Å². The Kier molecular flexibility index (Phi) is 1.68. The summed E-state index contributed by atoms with van der Waals surface area (Å²) >= 11 is 0. The molecule has 0 fully saturated rings. The molecule has 0 aromatic rings. The molecule has 0 saturated carbocycles. The molecule has 4 heteroatoms. The van der Waals surface area contributed by atoms with Crippen molar-refractivity contribution in [1.29, 1.82) is 0 Å². The van der Waals surface area contributed by atoms with Crippen LogP contribution < -0.4 is 5.84 Å². The molecule has 0 saturated heterocycles. The molecule has 1 rings (SSSR count). The molecule has 2 N–H and O–H groups in total. The van der Waals surface area contributed by atoms with Crippen LogP contribution in [0.2, 0.25) is 0 Å². The molecule has 1 unspecified atom stereocenters. The van der Waals surface area contributed by atoms with E-state index in [0.29, 0.717) is 0 Å². The maximum atomic E-state index is 5.43. The number of rotatable bonds is 0. The summed E-state index contributed by atoms with van der Waals surface area (Å²) in [7, 11) is 1.99. The Hall–Kier alpha value is -0.610. The van der Waals surface area contributed by atoms with Gasteiger partial charge in [0.2, 0.25) is 0 Å². The first-order chi connectivity index (χ1) is 4.20. The van der Waals surface area contributed by atoms with Crippen LogP contribution in [0.4, 0.5) is 0 Å². The van der Waals surface area contributed by atoms with E-state index >= 15 is 0 Å². The zero-order valence-electron chi connectivity index (χ0n) is 5.78. The number of hydrogen-bond donors (Lipinski definition) is 1. The van der Waals surface area contributed by atoms with Gasteiger partial charge < -0.3 is 0 Å². The van der Waals surface area contributed by atoms with E-state index in [1.54, 1.807) is 11.3 Å². The average molecular weight is 128 g/mol. The lowest BCUT2D eigenvalue weighted by atomic mass is 10.5. The normalized spacial score (nSPS) is 29.2. The van der Waals surface area contributed by atoms with E-state index in [4.69, 9.17) is 5.84 Å². The lowest BCUT2D eigenvalue weighted by Crippen LogP contribution is -2.46. The third kappa shape index (κ3) is 1.40. The highest BCUT2D eigenvalue weighted by Crippen LogP contribution is 2.00. The smallest absolute Gasteiger partial charge is 0.102 e. The highest BCUT2D eigenvalue weighted by molar-refractivity contribution is 5.54. The highest BCUT2D eigenvalue weighted by Gasteiger charge is 2.11. The minimum atomic E-state index is 0.268. The molecule has 0 aromatic heterocycles. The molecule has 0 bridgehead atoms. The van der Waals surface area contributed by atoms with Gasteiger partial charge in [-0.1, -0.05) is 0 Å². The van der Waals surface area contributed by atoms with Crippen molar-refractivity contribution in [3.8, 4) is 0 Å². The fraction of sp³-hybridized carbons (Fsp3) is 0.800. The van der Waals surface area contributed by atoms with E-state index in [0.717, 1.165) is 6.67 Å². The van der Waals surface area contributed by atoms with Crippen LogP contribution in [0.25, 0.3) is 0 Å². The molecule has 9 heavy (non-hydrogen) atoms. The quantitative estimate of drug-likeness (QED) is 0.445. The van der Waals surface area contributed by atoms with Crippen LogP contribution >= 0.6 is 0 Å². The maximum absolute atomic E-state index is 5.43. The number of nitrogens with two attached hydrogens (primary N) is 1. The Labute approximate surface area is 54.9 Å². The van der Waals surface area contributed by atoms with Crippen LogP contribution in [-0.4, -0.2) is 36.1 Å². The van der Waals surface area contributed by atoms with Crippen LogP contribution in [0.15, 0.2) is 4.99 Å². The standard InChI is InChI=1S/C5H12N4/c1-5-7-3-9(6)4-8(5)2/h3,5H,4,6H2,1-2H3. The van der Waals surface area contributed by atoms with E-state index < -0.39 is 0 Å². The molecular weight excluding hydrogens is 116 g/mol. The van der Waals surface area contributed by atoms with Crippen molar-refractivity contribution in [3.05, 3.63) is 0 Å². The molecule has 1 aliphatic rings. The minimum Gasteiger partial charge on any atom is -0.287 e. The second-order valence-electron chi connectivity index (χ2n) is 2.31. The van der Waals surface area contributed by atoms with Gasteiger partial charge in [-0.3, -0.25) is 14.9 Å². The number of hydrogen-bond acceptors (Lipinski definition) is 4. The van der Waals surface area contributed by atoms with Crippen LogP contribution in [-0.2, 0) is 0 Å². The molecule has 0 radical (unpaired) electrons. The fourth-order valence-electron chi connectivity index (χ4n) is 0.708.